The fourth-order valence-electron chi connectivity index (χ4n) is 4.92. The Morgan fingerprint density at radius 1 is 1.08 bits per heavy atom. The molecule has 0 spiro atoms. The van der Waals surface area contributed by atoms with Gasteiger partial charge >= 0.3 is 0 Å². The van der Waals surface area contributed by atoms with E-state index in [2.05, 4.69) is 20.1 Å². The highest BCUT2D eigenvalue weighted by molar-refractivity contribution is 7.29. The van der Waals surface area contributed by atoms with E-state index in [1.165, 1.54) is 11.3 Å². The summed E-state index contributed by atoms with van der Waals surface area (Å²) in [5, 5.41) is 3.94. The molecule has 0 bridgehead atoms. The molecule has 12 heteroatoms. The molecule has 2 aliphatic heterocycles. The molecule has 1 aromatic carbocycles. The number of ether oxygens (including phenoxy) is 1. The molecule has 2 aliphatic rings. The molecule has 4 aromatic rings. The second-order valence-electron chi connectivity index (χ2n) is 9.90. The van der Waals surface area contributed by atoms with Gasteiger partial charge in [0.25, 0.3) is 5.91 Å². The van der Waals surface area contributed by atoms with E-state index in [4.69, 9.17) is 14.1 Å². The lowest BCUT2D eigenvalue weighted by Crippen LogP contribution is -2.40. The number of hydrogen-bond acceptors (Lipinski definition) is 10. The third kappa shape index (κ3) is 5.26. The molecular formula is C26H30N6O4S2. The minimum absolute atomic E-state index is 0.0884. The molecule has 0 unspecified atom stereocenters. The zero-order valence-corrected chi connectivity index (χ0v) is 23.1. The number of nitrogens with one attached hydrogen (secondary N) is 1. The number of benzene rings is 1. The fourth-order valence-corrected chi connectivity index (χ4v) is 7.08. The summed E-state index contributed by atoms with van der Waals surface area (Å²) in [6.45, 7) is 5.47. The average molecular weight is 555 g/mol. The average Bonchev–Trinajstić information content (AvgIpc) is 3.62. The first-order chi connectivity index (χ1) is 18.4. The second kappa shape index (κ2) is 10.6. The van der Waals surface area contributed by atoms with Gasteiger partial charge in [-0.2, -0.15) is 0 Å². The summed E-state index contributed by atoms with van der Waals surface area (Å²) in [5.74, 6) is 0.794. The summed E-state index contributed by atoms with van der Waals surface area (Å²) >= 11 is 2.99. The molecule has 10 nitrogen and oxygen atoms in total. The second-order valence-corrected chi connectivity index (χ2v) is 11.9. The van der Waals surface area contributed by atoms with Crippen molar-refractivity contribution in [1.29, 1.82) is 0 Å². The van der Waals surface area contributed by atoms with Gasteiger partial charge in [0.15, 0.2) is 10.7 Å². The number of nitrogens with zero attached hydrogens (tertiary/aromatic N) is 5. The predicted molar refractivity (Wildman–Crippen MR) is 149 cm³/mol. The molecule has 5 heterocycles. The molecular weight excluding hydrogens is 524 g/mol. The Hall–Kier alpha value is -3.06. The van der Waals surface area contributed by atoms with Crippen LogP contribution in [0.1, 0.15) is 28.4 Å². The molecule has 0 radical (unpaired) electrons. The zero-order chi connectivity index (χ0) is 26.2. The molecule has 1 N–H and O–H groups in total. The van der Waals surface area contributed by atoms with E-state index >= 15 is 0 Å². The van der Waals surface area contributed by atoms with Crippen LogP contribution in [0.25, 0.3) is 20.6 Å². The largest absolute Gasteiger partial charge is 0.439 e. The molecule has 6 rings (SSSR count). The zero-order valence-electron chi connectivity index (χ0n) is 21.4. The maximum atomic E-state index is 13.0. The Bertz CT molecular complexity index is 1430. The third-order valence-electron chi connectivity index (χ3n) is 7.01. The van der Waals surface area contributed by atoms with Crippen LogP contribution in [0.4, 0.5) is 10.8 Å². The monoisotopic (exact) mass is 554 g/mol. The molecule has 38 heavy (non-hydrogen) atoms. The number of piperidine rings is 1. The van der Waals surface area contributed by atoms with Crippen LogP contribution in [-0.4, -0.2) is 85.1 Å². The van der Waals surface area contributed by atoms with Crippen molar-refractivity contribution < 1.29 is 18.7 Å². The summed E-state index contributed by atoms with van der Waals surface area (Å²) in [7, 11) is 3.63. The van der Waals surface area contributed by atoms with Crippen molar-refractivity contribution in [2.24, 2.45) is 5.92 Å². The van der Waals surface area contributed by atoms with Gasteiger partial charge in [-0.05, 0) is 37.1 Å². The van der Waals surface area contributed by atoms with Gasteiger partial charge in [-0.3, -0.25) is 14.5 Å². The van der Waals surface area contributed by atoms with Gasteiger partial charge < -0.3 is 24.3 Å². The van der Waals surface area contributed by atoms with Crippen LogP contribution in [-0.2, 0) is 16.1 Å². The standard InChI is InChI=1S/C26H30N6O4S2/c1-30(2)25(34)16-5-7-32(8-6-16)26-29-24-21(38-26)14-20(37-24)23(33)27-17-3-4-19-18(13-17)28-22(36-19)15-31-9-11-35-12-10-31/h3-4,13-14,16H,5-12,15H2,1-2H3,(H,27,33). The topological polar surface area (TPSA) is 104 Å². The Labute approximate surface area is 228 Å². The Morgan fingerprint density at radius 3 is 2.61 bits per heavy atom. The van der Waals surface area contributed by atoms with Crippen LogP contribution in [0.3, 0.4) is 0 Å². The van der Waals surface area contributed by atoms with Gasteiger partial charge in [0.1, 0.15) is 10.3 Å². The van der Waals surface area contributed by atoms with Gasteiger partial charge in [0, 0.05) is 51.9 Å². The van der Waals surface area contributed by atoms with E-state index in [-0.39, 0.29) is 17.7 Å². The Morgan fingerprint density at radius 2 is 1.87 bits per heavy atom. The van der Waals surface area contributed by atoms with Gasteiger partial charge in [0.2, 0.25) is 11.8 Å². The number of thiophene rings is 1. The maximum absolute atomic E-state index is 13.0. The number of oxazole rings is 1. The number of thiazole rings is 1. The molecule has 0 aliphatic carbocycles. The van der Waals surface area contributed by atoms with E-state index in [9.17, 15) is 9.59 Å². The lowest BCUT2D eigenvalue weighted by atomic mass is 9.96. The first kappa shape index (κ1) is 25.2. The van der Waals surface area contributed by atoms with Crippen LogP contribution in [0.2, 0.25) is 0 Å². The van der Waals surface area contributed by atoms with Crippen LogP contribution in [0.5, 0.6) is 0 Å². The van der Waals surface area contributed by atoms with Crippen molar-refractivity contribution in [1.82, 2.24) is 19.8 Å². The van der Waals surface area contributed by atoms with Gasteiger partial charge in [0.05, 0.1) is 29.3 Å². The van der Waals surface area contributed by atoms with Crippen molar-refractivity contribution in [3.05, 3.63) is 35.0 Å². The van der Waals surface area contributed by atoms with E-state index in [0.29, 0.717) is 28.6 Å². The highest BCUT2D eigenvalue weighted by Crippen LogP contribution is 2.36. The lowest BCUT2D eigenvalue weighted by molar-refractivity contribution is -0.133. The molecule has 3 aromatic heterocycles. The quantitative estimate of drug-likeness (QED) is 0.383. The van der Waals surface area contributed by atoms with Crippen LogP contribution >= 0.6 is 22.7 Å². The molecule has 200 valence electrons. The number of rotatable bonds is 6. The molecule has 2 fully saturated rings. The smallest absolute Gasteiger partial charge is 0.265 e. The fraction of sp³-hybridized carbons (Fsp3) is 0.462. The normalized spacial score (nSPS) is 17.4. The maximum Gasteiger partial charge on any atom is 0.265 e. The highest BCUT2D eigenvalue weighted by Gasteiger charge is 2.28. The number of fused-ring (bicyclic) bond motifs is 2. The SMILES string of the molecule is CN(C)C(=O)C1CCN(c2nc3sc(C(=O)Nc4ccc5oc(CN6CCOCC6)nc5c4)cc3s2)CC1. The van der Waals surface area contributed by atoms with Crippen molar-refractivity contribution in [3.63, 3.8) is 0 Å². The Balaban J connectivity index is 1.09. The summed E-state index contributed by atoms with van der Waals surface area (Å²) in [6.07, 6.45) is 1.67. The number of anilines is 2. The van der Waals surface area contributed by atoms with Gasteiger partial charge in [-0.15, -0.1) is 11.3 Å². The number of carbonyl (C=O) groups excluding carboxylic acids is 2. The van der Waals surface area contributed by atoms with Crippen molar-refractivity contribution >= 4 is 65.9 Å². The van der Waals surface area contributed by atoms with Crippen LogP contribution in [0, 0.1) is 5.92 Å². The number of carbonyl (C=O) groups is 2. The Kier molecular flexibility index (Phi) is 7.04. The summed E-state index contributed by atoms with van der Waals surface area (Å²) in [4.78, 5) is 42.3. The third-order valence-corrected chi connectivity index (χ3v) is 9.23. The molecule has 0 atom stereocenters. The van der Waals surface area contributed by atoms with Gasteiger partial charge in [-0.1, -0.05) is 11.3 Å². The van der Waals surface area contributed by atoms with E-state index in [1.54, 1.807) is 16.2 Å². The van der Waals surface area contributed by atoms with Crippen molar-refractivity contribution in [3.8, 4) is 0 Å². The van der Waals surface area contributed by atoms with Crippen LogP contribution in [0.15, 0.2) is 28.7 Å². The van der Waals surface area contributed by atoms with Gasteiger partial charge in [-0.25, -0.2) is 9.97 Å². The lowest BCUT2D eigenvalue weighted by Gasteiger charge is -2.32. The van der Waals surface area contributed by atoms with Crippen molar-refractivity contribution in [2.75, 3.05) is 63.7 Å². The first-order valence-corrected chi connectivity index (χ1v) is 14.4. The minimum Gasteiger partial charge on any atom is -0.439 e. The number of morpholine rings is 1. The molecule has 2 saturated heterocycles. The number of aromatic nitrogens is 2. The number of amides is 2. The van der Waals surface area contributed by atoms with E-state index in [0.717, 1.165) is 72.4 Å². The summed E-state index contributed by atoms with van der Waals surface area (Å²) in [6, 6.07) is 7.43. The van der Waals surface area contributed by atoms with E-state index < -0.39 is 0 Å². The first-order valence-electron chi connectivity index (χ1n) is 12.8. The molecule has 2 amide bonds. The number of hydrogen-bond donors (Lipinski definition) is 1. The summed E-state index contributed by atoms with van der Waals surface area (Å²) in [5.41, 5.74) is 2.10. The summed E-state index contributed by atoms with van der Waals surface area (Å²) < 4.78 is 12.3. The highest BCUT2D eigenvalue weighted by atomic mass is 32.1. The minimum atomic E-state index is -0.166. The van der Waals surface area contributed by atoms with E-state index in [1.807, 2.05) is 38.4 Å². The molecule has 0 saturated carbocycles. The van der Waals surface area contributed by atoms with Crippen LogP contribution < -0.4 is 10.2 Å². The van der Waals surface area contributed by atoms with Crippen molar-refractivity contribution in [2.45, 2.75) is 19.4 Å². The predicted octanol–water partition coefficient (Wildman–Crippen LogP) is 3.89.